The van der Waals surface area contributed by atoms with Gasteiger partial charge in [-0.1, -0.05) is 20.3 Å². The average Bonchev–Trinajstić information content (AvgIpc) is 2.96. The van der Waals surface area contributed by atoms with Crippen LogP contribution in [0.25, 0.3) is 10.2 Å². The molecule has 0 saturated heterocycles. The van der Waals surface area contributed by atoms with Crippen LogP contribution in [0.3, 0.4) is 0 Å². The Labute approximate surface area is 117 Å². The minimum absolute atomic E-state index is 0.366. The van der Waals surface area contributed by atoms with E-state index in [1.54, 1.807) is 11.3 Å². The van der Waals surface area contributed by atoms with Crippen molar-refractivity contribution in [2.24, 2.45) is 5.92 Å². The number of rotatable bonds is 3. The fourth-order valence-electron chi connectivity index (χ4n) is 2.81. The Kier molecular flexibility index (Phi) is 3.31. The van der Waals surface area contributed by atoms with E-state index in [0.29, 0.717) is 17.9 Å². The topological polar surface area (TPSA) is 63.8 Å². The molecule has 2 atom stereocenters. The summed E-state index contributed by atoms with van der Waals surface area (Å²) in [4.78, 5) is 11.1. The monoisotopic (exact) mass is 276 g/mol. The predicted molar refractivity (Wildman–Crippen MR) is 81.6 cm³/mol. The van der Waals surface area contributed by atoms with Gasteiger partial charge in [-0.05, 0) is 31.2 Å². The minimum Gasteiger partial charge on any atom is -0.368 e. The molecule has 3 N–H and O–H groups in total. The van der Waals surface area contributed by atoms with Crippen molar-refractivity contribution in [2.45, 2.75) is 45.6 Å². The molecule has 2 heterocycles. The van der Waals surface area contributed by atoms with Gasteiger partial charge in [0.1, 0.15) is 10.6 Å². The minimum atomic E-state index is 0.366. The first kappa shape index (κ1) is 12.7. The first-order valence-corrected chi connectivity index (χ1v) is 7.81. The van der Waals surface area contributed by atoms with Crippen molar-refractivity contribution in [3.05, 3.63) is 10.9 Å². The van der Waals surface area contributed by atoms with Crippen LogP contribution in [-0.4, -0.2) is 16.0 Å². The van der Waals surface area contributed by atoms with E-state index in [-0.39, 0.29) is 0 Å². The molecule has 102 valence electrons. The van der Waals surface area contributed by atoms with Gasteiger partial charge in [-0.2, -0.15) is 4.98 Å². The summed E-state index contributed by atoms with van der Waals surface area (Å²) in [5, 5.41) is 4.71. The average molecular weight is 276 g/mol. The van der Waals surface area contributed by atoms with Crippen LogP contribution in [-0.2, 0) is 6.42 Å². The summed E-state index contributed by atoms with van der Waals surface area (Å²) in [5.41, 5.74) is 5.83. The highest BCUT2D eigenvalue weighted by Gasteiger charge is 2.24. The fourth-order valence-corrected chi connectivity index (χ4v) is 3.78. The molecule has 4 nitrogen and oxygen atoms in total. The lowest BCUT2D eigenvalue weighted by atomic mass is 10.1. The van der Waals surface area contributed by atoms with Crippen LogP contribution in [0.5, 0.6) is 0 Å². The molecular formula is C14H20N4S. The third-order valence-electron chi connectivity index (χ3n) is 3.99. The van der Waals surface area contributed by atoms with Gasteiger partial charge >= 0.3 is 0 Å². The lowest BCUT2D eigenvalue weighted by Crippen LogP contribution is -2.22. The molecule has 2 aromatic rings. The summed E-state index contributed by atoms with van der Waals surface area (Å²) >= 11 is 1.71. The zero-order chi connectivity index (χ0) is 13.4. The zero-order valence-corrected chi connectivity index (χ0v) is 12.3. The first-order chi connectivity index (χ1) is 9.17. The molecule has 19 heavy (non-hydrogen) atoms. The van der Waals surface area contributed by atoms with Crippen LogP contribution >= 0.6 is 11.3 Å². The second kappa shape index (κ2) is 4.96. The maximum Gasteiger partial charge on any atom is 0.223 e. The molecule has 2 unspecified atom stereocenters. The number of nitrogens with one attached hydrogen (secondary N) is 1. The summed E-state index contributed by atoms with van der Waals surface area (Å²) in [6, 6.07) is 2.71. The molecule has 1 fully saturated rings. The summed E-state index contributed by atoms with van der Waals surface area (Å²) in [6.45, 7) is 4.46. The van der Waals surface area contributed by atoms with Crippen molar-refractivity contribution in [2.75, 3.05) is 11.1 Å². The van der Waals surface area contributed by atoms with E-state index < -0.39 is 0 Å². The third kappa shape index (κ3) is 2.39. The number of aromatic nitrogens is 2. The van der Waals surface area contributed by atoms with Gasteiger partial charge in [0.25, 0.3) is 0 Å². The molecule has 0 aliphatic heterocycles. The highest BCUT2D eigenvalue weighted by molar-refractivity contribution is 7.18. The van der Waals surface area contributed by atoms with Gasteiger partial charge in [0.05, 0.1) is 5.39 Å². The zero-order valence-electron chi connectivity index (χ0n) is 11.4. The molecule has 2 aromatic heterocycles. The number of hydrogen-bond acceptors (Lipinski definition) is 5. The Hall–Kier alpha value is -1.36. The highest BCUT2D eigenvalue weighted by Crippen LogP contribution is 2.33. The number of hydrogen-bond donors (Lipinski definition) is 2. The van der Waals surface area contributed by atoms with E-state index in [2.05, 4.69) is 35.2 Å². The van der Waals surface area contributed by atoms with Gasteiger partial charge in [-0.25, -0.2) is 4.98 Å². The standard InChI is InChI=1S/C14H20N4S/c1-3-9-7-10-12(16-11-6-4-5-8(11)2)17-14(15)18-13(10)19-9/h7-8,11H,3-6H2,1-2H3,(H3,15,16,17,18). The van der Waals surface area contributed by atoms with Crippen molar-refractivity contribution in [1.82, 2.24) is 9.97 Å². The van der Waals surface area contributed by atoms with Gasteiger partial charge in [-0.15, -0.1) is 11.3 Å². The molecule has 0 aromatic carbocycles. The highest BCUT2D eigenvalue weighted by atomic mass is 32.1. The predicted octanol–water partition coefficient (Wildman–Crippen LogP) is 3.44. The van der Waals surface area contributed by atoms with Crippen LogP contribution in [0.4, 0.5) is 11.8 Å². The number of thiophene rings is 1. The second-order valence-corrected chi connectivity index (χ2v) is 6.49. The van der Waals surface area contributed by atoms with Crippen LogP contribution in [0.1, 0.15) is 38.0 Å². The van der Waals surface area contributed by atoms with E-state index in [1.807, 2.05) is 0 Å². The Bertz CT molecular complexity index is 592. The molecule has 5 heteroatoms. The van der Waals surface area contributed by atoms with E-state index in [0.717, 1.165) is 22.5 Å². The van der Waals surface area contributed by atoms with Gasteiger partial charge in [0, 0.05) is 10.9 Å². The molecular weight excluding hydrogens is 256 g/mol. The maximum absolute atomic E-state index is 5.83. The normalized spacial score (nSPS) is 23.1. The van der Waals surface area contributed by atoms with E-state index >= 15 is 0 Å². The molecule has 0 radical (unpaired) electrons. The van der Waals surface area contributed by atoms with Crippen LogP contribution in [0.15, 0.2) is 6.07 Å². The lowest BCUT2D eigenvalue weighted by Gasteiger charge is -2.18. The number of aryl methyl sites for hydroxylation is 1. The number of nitrogens with two attached hydrogens (primary N) is 1. The second-order valence-electron chi connectivity index (χ2n) is 5.37. The summed E-state index contributed by atoms with van der Waals surface area (Å²) in [5.74, 6) is 1.98. The number of fused-ring (bicyclic) bond motifs is 1. The van der Waals surface area contributed by atoms with Gasteiger partial charge in [0.2, 0.25) is 5.95 Å². The molecule has 3 rings (SSSR count). The Morgan fingerprint density at radius 1 is 1.42 bits per heavy atom. The third-order valence-corrected chi connectivity index (χ3v) is 5.17. The van der Waals surface area contributed by atoms with Crippen molar-refractivity contribution >= 4 is 33.3 Å². The van der Waals surface area contributed by atoms with Crippen LogP contribution in [0.2, 0.25) is 0 Å². The molecule has 0 spiro atoms. The summed E-state index contributed by atoms with van der Waals surface area (Å²) in [6.07, 6.45) is 4.84. The van der Waals surface area contributed by atoms with Crippen molar-refractivity contribution < 1.29 is 0 Å². The van der Waals surface area contributed by atoms with Crippen LogP contribution in [0, 0.1) is 5.92 Å². The number of nitrogens with zero attached hydrogens (tertiary/aromatic N) is 2. The Morgan fingerprint density at radius 2 is 2.26 bits per heavy atom. The number of anilines is 2. The van der Waals surface area contributed by atoms with Crippen molar-refractivity contribution in [3.8, 4) is 0 Å². The molecule has 1 aliphatic carbocycles. The van der Waals surface area contributed by atoms with Gasteiger partial charge in [-0.3, -0.25) is 0 Å². The fraction of sp³-hybridized carbons (Fsp3) is 0.571. The van der Waals surface area contributed by atoms with Crippen molar-refractivity contribution in [1.29, 1.82) is 0 Å². The molecule has 0 amide bonds. The van der Waals surface area contributed by atoms with E-state index in [1.165, 1.54) is 24.1 Å². The van der Waals surface area contributed by atoms with Crippen molar-refractivity contribution in [3.63, 3.8) is 0 Å². The summed E-state index contributed by atoms with van der Waals surface area (Å²) < 4.78 is 0. The van der Waals surface area contributed by atoms with E-state index in [9.17, 15) is 0 Å². The molecule has 0 bridgehead atoms. The lowest BCUT2D eigenvalue weighted by molar-refractivity contribution is 0.555. The Balaban J connectivity index is 1.99. The Morgan fingerprint density at radius 3 is 2.95 bits per heavy atom. The largest absolute Gasteiger partial charge is 0.368 e. The summed E-state index contributed by atoms with van der Waals surface area (Å²) in [7, 11) is 0. The quantitative estimate of drug-likeness (QED) is 0.901. The SMILES string of the molecule is CCc1cc2c(NC3CCCC3C)nc(N)nc2s1. The van der Waals surface area contributed by atoms with Gasteiger partial charge < -0.3 is 11.1 Å². The molecule has 1 saturated carbocycles. The first-order valence-electron chi connectivity index (χ1n) is 7.00. The van der Waals surface area contributed by atoms with E-state index in [4.69, 9.17) is 5.73 Å². The maximum atomic E-state index is 5.83. The van der Waals surface area contributed by atoms with Gasteiger partial charge in [0.15, 0.2) is 0 Å². The molecule has 1 aliphatic rings. The van der Waals surface area contributed by atoms with Crippen LogP contribution < -0.4 is 11.1 Å². The smallest absolute Gasteiger partial charge is 0.223 e. The number of nitrogen functional groups attached to an aromatic ring is 1.